The molecule has 0 heterocycles. The highest BCUT2D eigenvalue weighted by Crippen LogP contribution is 2.30. The molecule has 0 radical (unpaired) electrons. The van der Waals surface area contributed by atoms with Crippen molar-refractivity contribution in [3.05, 3.63) is 58.7 Å². The van der Waals surface area contributed by atoms with Crippen LogP contribution in [0.3, 0.4) is 0 Å². The van der Waals surface area contributed by atoms with Crippen LogP contribution in [0.4, 0.5) is 5.69 Å². The summed E-state index contributed by atoms with van der Waals surface area (Å²) in [5, 5.41) is 18.8. The fraction of sp³-hybridized carbons (Fsp3) is 0.0667. The van der Waals surface area contributed by atoms with E-state index in [0.717, 1.165) is 5.56 Å². The van der Waals surface area contributed by atoms with Crippen molar-refractivity contribution in [3.8, 4) is 5.75 Å². The lowest BCUT2D eigenvalue weighted by Crippen LogP contribution is -2.14. The average molecular weight is 286 g/mol. The number of primary amides is 1. The summed E-state index contributed by atoms with van der Waals surface area (Å²) in [4.78, 5) is 22.2. The minimum atomic E-state index is -1.02. The third kappa shape index (κ3) is 2.94. The predicted octanol–water partition coefficient (Wildman–Crippen LogP) is 1.36. The van der Waals surface area contributed by atoms with Gasteiger partial charge in [0, 0.05) is 17.5 Å². The van der Waals surface area contributed by atoms with Crippen molar-refractivity contribution in [2.45, 2.75) is 6.42 Å². The first-order valence-corrected chi connectivity index (χ1v) is 6.12. The van der Waals surface area contributed by atoms with Crippen LogP contribution in [0.15, 0.2) is 36.4 Å². The molecule has 1 amide bonds. The van der Waals surface area contributed by atoms with Crippen molar-refractivity contribution < 1.29 is 19.8 Å². The lowest BCUT2D eigenvalue weighted by molar-refractivity contribution is 0.0696. The summed E-state index contributed by atoms with van der Waals surface area (Å²) in [6.45, 7) is 0. The van der Waals surface area contributed by atoms with Crippen molar-refractivity contribution >= 4 is 17.6 Å². The molecular weight excluding hydrogens is 272 g/mol. The van der Waals surface area contributed by atoms with Crippen LogP contribution in [-0.4, -0.2) is 22.1 Å². The molecule has 0 aliphatic heterocycles. The molecule has 0 atom stereocenters. The van der Waals surface area contributed by atoms with Crippen LogP contribution in [0.25, 0.3) is 0 Å². The molecule has 6 nitrogen and oxygen atoms in total. The summed E-state index contributed by atoms with van der Waals surface area (Å²) in [5.74, 6) is -1.87. The standard InChI is InChI=1S/C15H14N2O4/c16-12-6-5-10(14(17)19)11(13(12)18)7-8-1-3-9(4-2-8)15(20)21/h1-6,18H,7,16H2,(H2,17,19)(H,20,21). The summed E-state index contributed by atoms with van der Waals surface area (Å²) in [5.41, 5.74) is 12.5. The Morgan fingerprint density at radius 2 is 1.67 bits per heavy atom. The summed E-state index contributed by atoms with van der Waals surface area (Å²) >= 11 is 0. The topological polar surface area (TPSA) is 127 Å². The van der Waals surface area contributed by atoms with E-state index in [-0.39, 0.29) is 29.0 Å². The Bertz CT molecular complexity index is 708. The first-order chi connectivity index (χ1) is 9.90. The number of carbonyl (C=O) groups excluding carboxylic acids is 1. The largest absolute Gasteiger partial charge is 0.505 e. The predicted molar refractivity (Wildman–Crippen MR) is 77.2 cm³/mol. The fourth-order valence-electron chi connectivity index (χ4n) is 2.03. The van der Waals surface area contributed by atoms with Crippen molar-refractivity contribution in [1.29, 1.82) is 0 Å². The lowest BCUT2D eigenvalue weighted by atomic mass is 9.97. The van der Waals surface area contributed by atoms with E-state index in [1.165, 1.54) is 24.3 Å². The van der Waals surface area contributed by atoms with E-state index in [1.807, 2.05) is 0 Å². The first-order valence-electron chi connectivity index (χ1n) is 6.12. The van der Waals surface area contributed by atoms with Crippen molar-refractivity contribution in [2.24, 2.45) is 5.73 Å². The zero-order valence-electron chi connectivity index (χ0n) is 11.0. The molecule has 2 rings (SSSR count). The molecule has 0 aliphatic rings. The van der Waals surface area contributed by atoms with E-state index in [1.54, 1.807) is 12.1 Å². The number of carboxylic acids is 1. The number of phenols is 1. The Morgan fingerprint density at radius 1 is 1.05 bits per heavy atom. The van der Waals surface area contributed by atoms with Gasteiger partial charge in [0.25, 0.3) is 0 Å². The molecule has 6 heteroatoms. The van der Waals surface area contributed by atoms with Crippen LogP contribution < -0.4 is 11.5 Å². The monoisotopic (exact) mass is 286 g/mol. The third-order valence-corrected chi connectivity index (χ3v) is 3.16. The molecule has 0 aromatic heterocycles. The summed E-state index contributed by atoms with van der Waals surface area (Å²) in [7, 11) is 0. The number of nitrogens with two attached hydrogens (primary N) is 2. The van der Waals surface area contributed by atoms with Gasteiger partial charge in [-0.1, -0.05) is 12.1 Å². The highest BCUT2D eigenvalue weighted by atomic mass is 16.4. The molecule has 2 aromatic carbocycles. The van der Waals surface area contributed by atoms with Crippen molar-refractivity contribution in [2.75, 3.05) is 5.73 Å². The van der Waals surface area contributed by atoms with Gasteiger partial charge in [0.15, 0.2) is 0 Å². The summed E-state index contributed by atoms with van der Waals surface area (Å²) in [6, 6.07) is 8.98. The normalized spacial score (nSPS) is 10.3. The van der Waals surface area contributed by atoms with Gasteiger partial charge in [0.05, 0.1) is 11.3 Å². The van der Waals surface area contributed by atoms with E-state index < -0.39 is 11.9 Å². The fourth-order valence-corrected chi connectivity index (χ4v) is 2.03. The Morgan fingerprint density at radius 3 is 2.19 bits per heavy atom. The molecule has 0 spiro atoms. The molecule has 0 saturated heterocycles. The van der Waals surface area contributed by atoms with Crippen LogP contribution >= 0.6 is 0 Å². The number of carbonyl (C=O) groups is 2. The van der Waals surface area contributed by atoms with E-state index in [2.05, 4.69) is 0 Å². The Hall–Kier alpha value is -3.02. The van der Waals surface area contributed by atoms with Crippen molar-refractivity contribution in [1.82, 2.24) is 0 Å². The number of aromatic hydroxyl groups is 1. The zero-order chi connectivity index (χ0) is 15.6. The molecule has 0 aliphatic carbocycles. The molecule has 21 heavy (non-hydrogen) atoms. The molecule has 0 bridgehead atoms. The Balaban J connectivity index is 2.41. The van der Waals surface area contributed by atoms with Crippen LogP contribution in [-0.2, 0) is 6.42 Å². The van der Waals surface area contributed by atoms with Crippen LogP contribution in [0.1, 0.15) is 31.8 Å². The van der Waals surface area contributed by atoms with Crippen LogP contribution in [0, 0.1) is 0 Å². The summed E-state index contributed by atoms with van der Waals surface area (Å²) in [6.07, 6.45) is 0.217. The third-order valence-electron chi connectivity index (χ3n) is 3.16. The zero-order valence-corrected chi connectivity index (χ0v) is 11.0. The minimum Gasteiger partial charge on any atom is -0.505 e. The summed E-state index contributed by atoms with van der Waals surface area (Å²) < 4.78 is 0. The highest BCUT2D eigenvalue weighted by Gasteiger charge is 2.15. The SMILES string of the molecule is NC(=O)c1ccc(N)c(O)c1Cc1ccc(C(=O)O)cc1. The van der Waals surface area contributed by atoms with Crippen LogP contribution in [0.5, 0.6) is 5.75 Å². The second kappa shape index (κ2) is 5.54. The number of carboxylic acid groups (broad SMARTS) is 1. The number of aromatic carboxylic acids is 1. The van der Waals surface area contributed by atoms with Gasteiger partial charge in [-0.3, -0.25) is 4.79 Å². The number of nitrogen functional groups attached to an aromatic ring is 1. The first kappa shape index (κ1) is 14.4. The number of benzene rings is 2. The van der Waals surface area contributed by atoms with Crippen LogP contribution in [0.2, 0.25) is 0 Å². The maximum atomic E-state index is 11.4. The lowest BCUT2D eigenvalue weighted by Gasteiger charge is -2.11. The average Bonchev–Trinajstić information content (AvgIpc) is 2.44. The second-order valence-electron chi connectivity index (χ2n) is 4.57. The van der Waals surface area contributed by atoms with Gasteiger partial charge in [-0.15, -0.1) is 0 Å². The van der Waals surface area contributed by atoms with Gasteiger partial charge in [-0.05, 0) is 29.8 Å². The van der Waals surface area contributed by atoms with Gasteiger partial charge in [-0.2, -0.15) is 0 Å². The molecular formula is C15H14N2O4. The maximum Gasteiger partial charge on any atom is 0.335 e. The number of hydrogen-bond donors (Lipinski definition) is 4. The number of amides is 1. The smallest absolute Gasteiger partial charge is 0.335 e. The molecule has 6 N–H and O–H groups in total. The number of hydrogen-bond acceptors (Lipinski definition) is 4. The van der Waals surface area contributed by atoms with E-state index >= 15 is 0 Å². The molecule has 0 fully saturated rings. The number of phenolic OH excluding ortho intramolecular Hbond substituents is 1. The van der Waals surface area contributed by atoms with E-state index in [9.17, 15) is 14.7 Å². The number of rotatable bonds is 4. The maximum absolute atomic E-state index is 11.4. The highest BCUT2D eigenvalue weighted by molar-refractivity contribution is 5.96. The van der Waals surface area contributed by atoms with Gasteiger partial charge in [-0.25, -0.2) is 4.79 Å². The molecule has 108 valence electrons. The minimum absolute atomic E-state index is 0.150. The van der Waals surface area contributed by atoms with E-state index in [0.29, 0.717) is 5.56 Å². The van der Waals surface area contributed by atoms with Gasteiger partial charge >= 0.3 is 5.97 Å². The molecule has 0 unspecified atom stereocenters. The van der Waals surface area contributed by atoms with Gasteiger partial charge in [0.2, 0.25) is 5.91 Å². The van der Waals surface area contributed by atoms with Crippen molar-refractivity contribution in [3.63, 3.8) is 0 Å². The van der Waals surface area contributed by atoms with Gasteiger partial charge in [0.1, 0.15) is 5.75 Å². The van der Waals surface area contributed by atoms with E-state index in [4.69, 9.17) is 16.6 Å². The van der Waals surface area contributed by atoms with Gasteiger partial charge < -0.3 is 21.7 Å². The number of anilines is 1. The second-order valence-corrected chi connectivity index (χ2v) is 4.57. The molecule has 0 saturated carbocycles. The molecule has 2 aromatic rings. The quantitative estimate of drug-likeness (QED) is 0.498. The Kier molecular flexibility index (Phi) is 3.80. The Labute approximate surface area is 120 Å².